The Morgan fingerprint density at radius 3 is 1.40 bits per heavy atom. The molecule has 0 saturated heterocycles. The first-order valence-electron chi connectivity index (χ1n) is 19.5. The number of hydrogen-bond acceptors (Lipinski definition) is 7. The zero-order valence-corrected chi connectivity index (χ0v) is 32.5. The van der Waals surface area contributed by atoms with Crippen LogP contribution in [-0.4, -0.2) is 79.7 Å². The number of unbranched alkanes of at least 4 members (excludes halogenated alkanes) is 17. The van der Waals surface area contributed by atoms with Crippen molar-refractivity contribution in [2.75, 3.05) is 52.0 Å². The van der Waals surface area contributed by atoms with E-state index >= 15 is 0 Å². The molecule has 0 saturated carbocycles. The lowest BCUT2D eigenvalue weighted by Gasteiger charge is -2.23. The Morgan fingerprint density at radius 2 is 0.958 bits per heavy atom. The molecule has 7 nitrogen and oxygen atoms in total. The first-order valence-corrected chi connectivity index (χ1v) is 20.7. The molecular weight excluding hydrogens is 621 g/mol. The summed E-state index contributed by atoms with van der Waals surface area (Å²) < 4.78 is 10.7. The fraction of sp³-hybridized carbons (Fsp3) is 0.825. The van der Waals surface area contributed by atoms with Gasteiger partial charge in [-0.1, -0.05) is 122 Å². The molecule has 1 amide bonds. The summed E-state index contributed by atoms with van der Waals surface area (Å²) in [5.41, 5.74) is 0. The summed E-state index contributed by atoms with van der Waals surface area (Å²) >= 11 is 1.63. The molecular formula is C40H74N2O5S. The number of thioether (sulfide) groups is 1. The Bertz CT molecular complexity index is 817. The van der Waals surface area contributed by atoms with Gasteiger partial charge in [0.25, 0.3) is 0 Å². The zero-order chi connectivity index (χ0) is 35.3. The van der Waals surface area contributed by atoms with Crippen molar-refractivity contribution in [2.24, 2.45) is 0 Å². The van der Waals surface area contributed by atoms with Gasteiger partial charge in [-0.3, -0.25) is 14.4 Å². The Hall–Kier alpha value is -1.80. The molecule has 0 aliphatic rings. The highest BCUT2D eigenvalue weighted by Gasteiger charge is 2.14. The van der Waals surface area contributed by atoms with Crippen LogP contribution in [-0.2, 0) is 23.9 Å². The lowest BCUT2D eigenvalue weighted by atomic mass is 10.1. The van der Waals surface area contributed by atoms with Crippen LogP contribution in [0.25, 0.3) is 0 Å². The van der Waals surface area contributed by atoms with Crippen molar-refractivity contribution in [3.8, 4) is 0 Å². The standard InChI is InChI=1S/C40H74N2O5S/c1-5-7-9-11-13-15-17-19-21-29-35-47-40(45)31-25-23-27-33-42(38(43)36-48-37-41(3)4)32-26-22-24-30-39(44)46-34-28-20-18-16-14-12-10-8-6-2/h20-21,28-29H,5-19,22-27,30-37H2,1-4H3/b28-20-,29-21-. The maximum atomic E-state index is 12.9. The Kier molecular flexibility index (Phi) is 35.1. The van der Waals surface area contributed by atoms with E-state index in [1.165, 1.54) is 83.5 Å². The number of hydrogen-bond donors (Lipinski definition) is 0. The minimum absolute atomic E-state index is 0.147. The average Bonchev–Trinajstić information content (AvgIpc) is 3.06. The predicted molar refractivity (Wildman–Crippen MR) is 205 cm³/mol. The molecule has 0 atom stereocenters. The molecule has 0 radical (unpaired) electrons. The maximum absolute atomic E-state index is 12.9. The molecule has 0 fully saturated rings. The number of carbonyl (C=O) groups is 3. The van der Waals surface area contributed by atoms with Gasteiger partial charge in [-0.15, -0.1) is 11.8 Å². The second kappa shape index (κ2) is 36.5. The van der Waals surface area contributed by atoms with E-state index in [2.05, 4.69) is 30.9 Å². The van der Waals surface area contributed by atoms with Gasteiger partial charge in [0.2, 0.25) is 5.91 Å². The Labute approximate surface area is 300 Å². The summed E-state index contributed by atoms with van der Waals surface area (Å²) in [7, 11) is 4.01. The second-order valence-corrected chi connectivity index (χ2v) is 14.3. The topological polar surface area (TPSA) is 76.1 Å². The van der Waals surface area contributed by atoms with Gasteiger partial charge in [0.1, 0.15) is 13.2 Å². The molecule has 0 aromatic rings. The summed E-state index contributed by atoms with van der Waals surface area (Å²) in [5, 5.41) is 0. The van der Waals surface area contributed by atoms with Gasteiger partial charge in [0.05, 0.1) is 5.75 Å². The van der Waals surface area contributed by atoms with Gasteiger partial charge < -0.3 is 19.3 Å². The third kappa shape index (κ3) is 34.1. The molecule has 48 heavy (non-hydrogen) atoms. The van der Waals surface area contributed by atoms with E-state index in [9.17, 15) is 14.4 Å². The molecule has 0 bridgehead atoms. The third-order valence-electron chi connectivity index (χ3n) is 8.26. The fourth-order valence-electron chi connectivity index (χ4n) is 5.33. The molecule has 0 aromatic heterocycles. The van der Waals surface area contributed by atoms with Crippen LogP contribution in [0.1, 0.15) is 162 Å². The van der Waals surface area contributed by atoms with E-state index in [4.69, 9.17) is 9.47 Å². The SMILES string of the molecule is CCCCCCCC/C=C\COC(=O)CCCCCN(CCCCCC(=O)OC/C=C\CCCCCCCCC)C(=O)CSCN(C)C. The van der Waals surface area contributed by atoms with Gasteiger partial charge in [-0.05, 0) is 65.5 Å². The molecule has 0 aliphatic carbocycles. The number of esters is 2. The van der Waals surface area contributed by atoms with E-state index < -0.39 is 0 Å². The summed E-state index contributed by atoms with van der Waals surface area (Å²) in [6.07, 6.45) is 33.0. The summed E-state index contributed by atoms with van der Waals surface area (Å²) in [6.45, 7) is 6.59. The van der Waals surface area contributed by atoms with Crippen molar-refractivity contribution in [3.05, 3.63) is 24.3 Å². The zero-order valence-electron chi connectivity index (χ0n) is 31.7. The second-order valence-electron chi connectivity index (χ2n) is 13.3. The van der Waals surface area contributed by atoms with Crippen molar-refractivity contribution in [1.82, 2.24) is 9.80 Å². The van der Waals surface area contributed by atoms with E-state index in [0.29, 0.717) is 44.9 Å². The lowest BCUT2D eigenvalue weighted by molar-refractivity contribution is -0.143. The van der Waals surface area contributed by atoms with Gasteiger partial charge in [-0.25, -0.2) is 0 Å². The average molecular weight is 695 g/mol. The van der Waals surface area contributed by atoms with Crippen molar-refractivity contribution in [1.29, 1.82) is 0 Å². The van der Waals surface area contributed by atoms with E-state index in [1.54, 1.807) is 11.8 Å². The number of ether oxygens (including phenoxy) is 2. The number of carbonyl (C=O) groups excluding carboxylic acids is 3. The number of allylic oxidation sites excluding steroid dienone is 2. The molecule has 0 heterocycles. The van der Waals surface area contributed by atoms with Gasteiger partial charge >= 0.3 is 11.9 Å². The van der Waals surface area contributed by atoms with E-state index in [-0.39, 0.29) is 17.8 Å². The molecule has 280 valence electrons. The van der Waals surface area contributed by atoms with E-state index in [1.807, 2.05) is 31.1 Å². The quantitative estimate of drug-likeness (QED) is 0.0283. The highest BCUT2D eigenvalue weighted by atomic mass is 32.2. The predicted octanol–water partition coefficient (Wildman–Crippen LogP) is 10.3. The van der Waals surface area contributed by atoms with Gasteiger partial charge in [0, 0.05) is 31.8 Å². The van der Waals surface area contributed by atoms with Crippen LogP contribution < -0.4 is 0 Å². The molecule has 0 spiro atoms. The highest BCUT2D eigenvalue weighted by Crippen LogP contribution is 2.12. The molecule has 8 heteroatoms. The van der Waals surface area contributed by atoms with Crippen LogP contribution in [0.2, 0.25) is 0 Å². The first kappa shape index (κ1) is 46.2. The monoisotopic (exact) mass is 695 g/mol. The Balaban J connectivity index is 4.12. The summed E-state index contributed by atoms with van der Waals surface area (Å²) in [6, 6.07) is 0. The van der Waals surface area contributed by atoms with Crippen molar-refractivity contribution < 1.29 is 23.9 Å². The lowest BCUT2D eigenvalue weighted by Crippen LogP contribution is -2.34. The van der Waals surface area contributed by atoms with Crippen LogP contribution >= 0.6 is 11.8 Å². The van der Waals surface area contributed by atoms with Crippen LogP contribution in [0.5, 0.6) is 0 Å². The highest BCUT2D eigenvalue weighted by molar-refractivity contribution is 7.99. The van der Waals surface area contributed by atoms with E-state index in [0.717, 1.165) is 57.2 Å². The van der Waals surface area contributed by atoms with Crippen molar-refractivity contribution in [3.63, 3.8) is 0 Å². The number of nitrogens with zero attached hydrogens (tertiary/aromatic N) is 2. The fourth-order valence-corrected chi connectivity index (χ4v) is 6.14. The van der Waals surface area contributed by atoms with Crippen LogP contribution in [0.3, 0.4) is 0 Å². The van der Waals surface area contributed by atoms with Crippen LogP contribution in [0.4, 0.5) is 0 Å². The van der Waals surface area contributed by atoms with Gasteiger partial charge in [-0.2, -0.15) is 0 Å². The minimum atomic E-state index is -0.148. The summed E-state index contributed by atoms with van der Waals surface area (Å²) in [4.78, 5) is 41.2. The Morgan fingerprint density at radius 1 is 0.542 bits per heavy atom. The largest absolute Gasteiger partial charge is 0.461 e. The maximum Gasteiger partial charge on any atom is 0.306 e. The molecule has 0 aliphatic heterocycles. The first-order chi connectivity index (χ1) is 23.4. The molecule has 0 unspecified atom stereocenters. The van der Waals surface area contributed by atoms with Crippen LogP contribution in [0.15, 0.2) is 24.3 Å². The molecule has 0 N–H and O–H groups in total. The molecule has 0 aromatic carbocycles. The smallest absolute Gasteiger partial charge is 0.306 e. The van der Waals surface area contributed by atoms with Crippen molar-refractivity contribution >= 4 is 29.6 Å². The normalized spacial score (nSPS) is 11.6. The van der Waals surface area contributed by atoms with Gasteiger partial charge in [0.15, 0.2) is 0 Å². The number of rotatable bonds is 35. The number of amides is 1. The minimum Gasteiger partial charge on any atom is -0.461 e. The van der Waals surface area contributed by atoms with Crippen LogP contribution in [0, 0.1) is 0 Å². The van der Waals surface area contributed by atoms with Crippen molar-refractivity contribution in [2.45, 2.75) is 162 Å². The summed E-state index contributed by atoms with van der Waals surface area (Å²) in [5.74, 6) is 1.15. The third-order valence-corrected chi connectivity index (χ3v) is 9.41. The molecule has 0 rings (SSSR count).